The number of likely N-dealkylation sites (tertiary alicyclic amines) is 1. The van der Waals surface area contributed by atoms with Gasteiger partial charge >= 0.3 is 0 Å². The summed E-state index contributed by atoms with van der Waals surface area (Å²) in [5.74, 6) is 1.62. The first kappa shape index (κ1) is 17.2. The zero-order valence-corrected chi connectivity index (χ0v) is 15.6. The molecule has 26 heavy (non-hydrogen) atoms. The zero-order valence-electron chi connectivity index (χ0n) is 14.8. The van der Waals surface area contributed by atoms with E-state index in [1.165, 1.54) is 0 Å². The predicted octanol–water partition coefficient (Wildman–Crippen LogP) is 3.16. The Morgan fingerprint density at radius 2 is 2.15 bits per heavy atom. The minimum Gasteiger partial charge on any atom is -0.383 e. The number of ether oxygens (including phenoxy) is 1. The zero-order chi connectivity index (χ0) is 17.9. The van der Waals surface area contributed by atoms with Gasteiger partial charge in [0.25, 0.3) is 5.91 Å². The van der Waals surface area contributed by atoms with E-state index >= 15 is 0 Å². The van der Waals surface area contributed by atoms with Crippen molar-refractivity contribution in [3.05, 3.63) is 47.5 Å². The fourth-order valence-corrected chi connectivity index (χ4v) is 4.29. The van der Waals surface area contributed by atoms with Gasteiger partial charge in [-0.25, -0.2) is 9.97 Å². The Bertz CT molecular complexity index is 896. The number of carbonyl (C=O) groups excluding carboxylic acids is 1. The number of thiazole rings is 1. The number of benzene rings is 1. The third-order valence-corrected chi connectivity index (χ3v) is 5.80. The van der Waals surface area contributed by atoms with Gasteiger partial charge in [0.05, 0.1) is 22.3 Å². The largest absolute Gasteiger partial charge is 0.383 e. The molecule has 6 nitrogen and oxygen atoms in total. The Labute approximate surface area is 156 Å². The number of imidazole rings is 1. The lowest BCUT2D eigenvalue weighted by Crippen LogP contribution is -2.38. The van der Waals surface area contributed by atoms with Gasteiger partial charge in [-0.05, 0) is 31.0 Å². The van der Waals surface area contributed by atoms with Gasteiger partial charge in [-0.15, -0.1) is 11.3 Å². The standard InChI is InChI=1S/C19H22N4O2S/c1-25-11-10-22-9-6-20-18(22)14-4-7-23(8-5-14)19(24)15-2-3-16-17(12-15)26-13-21-16/h2-3,6,9,12-14H,4-5,7-8,10-11H2,1H3. The van der Waals surface area contributed by atoms with E-state index in [9.17, 15) is 4.79 Å². The number of carbonyl (C=O) groups is 1. The monoisotopic (exact) mass is 370 g/mol. The molecule has 0 bridgehead atoms. The summed E-state index contributed by atoms with van der Waals surface area (Å²) in [6.45, 7) is 3.03. The van der Waals surface area contributed by atoms with Crippen molar-refractivity contribution in [3.63, 3.8) is 0 Å². The Balaban J connectivity index is 1.41. The van der Waals surface area contributed by atoms with Crippen LogP contribution in [0.5, 0.6) is 0 Å². The van der Waals surface area contributed by atoms with Crippen LogP contribution in [0.25, 0.3) is 10.2 Å². The second-order valence-corrected chi connectivity index (χ2v) is 7.46. The van der Waals surface area contributed by atoms with Crippen LogP contribution < -0.4 is 0 Å². The molecule has 0 radical (unpaired) electrons. The van der Waals surface area contributed by atoms with Gasteiger partial charge in [-0.3, -0.25) is 4.79 Å². The van der Waals surface area contributed by atoms with Crippen LogP contribution in [0.15, 0.2) is 36.1 Å². The fourth-order valence-electron chi connectivity index (χ4n) is 3.57. The third kappa shape index (κ3) is 3.37. The Morgan fingerprint density at radius 3 is 2.96 bits per heavy atom. The number of rotatable bonds is 5. The van der Waals surface area contributed by atoms with Crippen molar-refractivity contribution in [2.75, 3.05) is 26.8 Å². The molecule has 0 spiro atoms. The molecule has 1 aromatic carbocycles. The lowest BCUT2D eigenvalue weighted by molar-refractivity contribution is 0.0710. The van der Waals surface area contributed by atoms with E-state index < -0.39 is 0 Å². The summed E-state index contributed by atoms with van der Waals surface area (Å²) >= 11 is 1.57. The molecule has 0 unspecified atom stereocenters. The van der Waals surface area contributed by atoms with Crippen molar-refractivity contribution in [1.29, 1.82) is 0 Å². The molecule has 136 valence electrons. The summed E-state index contributed by atoms with van der Waals surface area (Å²) in [5, 5.41) is 0. The van der Waals surface area contributed by atoms with Crippen LogP contribution in [-0.4, -0.2) is 52.1 Å². The number of nitrogens with zero attached hydrogens (tertiary/aromatic N) is 4. The molecule has 1 saturated heterocycles. The van der Waals surface area contributed by atoms with E-state index in [0.29, 0.717) is 12.5 Å². The molecule has 1 fully saturated rings. The highest BCUT2D eigenvalue weighted by Gasteiger charge is 2.27. The number of fused-ring (bicyclic) bond motifs is 1. The Hall–Kier alpha value is -2.25. The summed E-state index contributed by atoms with van der Waals surface area (Å²) in [7, 11) is 1.71. The number of aromatic nitrogens is 3. The minimum atomic E-state index is 0.112. The highest BCUT2D eigenvalue weighted by atomic mass is 32.1. The minimum absolute atomic E-state index is 0.112. The first-order valence-corrected chi connectivity index (χ1v) is 9.76. The van der Waals surface area contributed by atoms with Gasteiger partial charge < -0.3 is 14.2 Å². The predicted molar refractivity (Wildman–Crippen MR) is 102 cm³/mol. The molecule has 4 rings (SSSR count). The van der Waals surface area contributed by atoms with E-state index in [1.807, 2.05) is 41.0 Å². The number of hydrogen-bond donors (Lipinski definition) is 0. The molecule has 0 aliphatic carbocycles. The Kier molecular flexibility index (Phi) is 4.99. The molecule has 0 N–H and O–H groups in total. The van der Waals surface area contributed by atoms with Crippen LogP contribution in [0.4, 0.5) is 0 Å². The lowest BCUT2D eigenvalue weighted by Gasteiger charge is -2.32. The molecule has 7 heteroatoms. The average molecular weight is 370 g/mol. The second-order valence-electron chi connectivity index (χ2n) is 6.57. The molecule has 0 saturated carbocycles. The molecule has 1 amide bonds. The van der Waals surface area contributed by atoms with Crippen molar-refractivity contribution >= 4 is 27.5 Å². The number of piperidine rings is 1. The van der Waals surface area contributed by atoms with Crippen LogP contribution in [0, 0.1) is 0 Å². The van der Waals surface area contributed by atoms with Crippen LogP contribution in [0.2, 0.25) is 0 Å². The van der Waals surface area contributed by atoms with Crippen LogP contribution in [0.1, 0.15) is 34.9 Å². The lowest BCUT2D eigenvalue weighted by atomic mass is 9.95. The smallest absolute Gasteiger partial charge is 0.253 e. The van der Waals surface area contributed by atoms with E-state index in [4.69, 9.17) is 4.74 Å². The average Bonchev–Trinajstić information content (AvgIpc) is 3.34. The van der Waals surface area contributed by atoms with Gasteiger partial charge in [-0.2, -0.15) is 0 Å². The first-order valence-electron chi connectivity index (χ1n) is 8.89. The van der Waals surface area contributed by atoms with Gasteiger partial charge in [0.2, 0.25) is 0 Å². The van der Waals surface area contributed by atoms with Crippen molar-refractivity contribution in [2.45, 2.75) is 25.3 Å². The normalized spacial score (nSPS) is 15.7. The summed E-state index contributed by atoms with van der Waals surface area (Å²) < 4.78 is 8.41. The van der Waals surface area contributed by atoms with Crippen LogP contribution in [0.3, 0.4) is 0 Å². The molecule has 3 heterocycles. The topological polar surface area (TPSA) is 60.2 Å². The van der Waals surface area contributed by atoms with Crippen molar-refractivity contribution in [1.82, 2.24) is 19.4 Å². The summed E-state index contributed by atoms with van der Waals surface area (Å²) in [6, 6.07) is 5.77. The summed E-state index contributed by atoms with van der Waals surface area (Å²) in [5.41, 5.74) is 3.52. The fraction of sp³-hybridized carbons (Fsp3) is 0.421. The Morgan fingerprint density at radius 1 is 1.31 bits per heavy atom. The number of hydrogen-bond acceptors (Lipinski definition) is 5. The molecule has 2 aromatic heterocycles. The SMILES string of the molecule is COCCn1ccnc1C1CCN(C(=O)c2ccc3ncsc3c2)CC1. The maximum absolute atomic E-state index is 12.8. The maximum atomic E-state index is 12.8. The molecular weight excluding hydrogens is 348 g/mol. The second kappa shape index (κ2) is 7.55. The van der Waals surface area contributed by atoms with Crippen LogP contribution >= 0.6 is 11.3 Å². The van der Waals surface area contributed by atoms with E-state index in [2.05, 4.69) is 14.5 Å². The molecule has 3 aromatic rings. The third-order valence-electron chi connectivity index (χ3n) is 5.01. The summed E-state index contributed by atoms with van der Waals surface area (Å²) in [6.07, 6.45) is 5.75. The highest BCUT2D eigenvalue weighted by molar-refractivity contribution is 7.16. The van der Waals surface area contributed by atoms with Gasteiger partial charge in [0.15, 0.2) is 0 Å². The van der Waals surface area contributed by atoms with Gasteiger partial charge in [0.1, 0.15) is 5.82 Å². The first-order chi connectivity index (χ1) is 12.8. The molecule has 0 atom stereocenters. The van der Waals surface area contributed by atoms with Crippen molar-refractivity contribution in [3.8, 4) is 0 Å². The van der Waals surface area contributed by atoms with E-state index in [-0.39, 0.29) is 5.91 Å². The maximum Gasteiger partial charge on any atom is 0.253 e. The number of methoxy groups -OCH3 is 1. The summed E-state index contributed by atoms with van der Waals surface area (Å²) in [4.78, 5) is 23.6. The van der Waals surface area contributed by atoms with Crippen LogP contribution in [-0.2, 0) is 11.3 Å². The quantitative estimate of drug-likeness (QED) is 0.692. The van der Waals surface area contributed by atoms with Gasteiger partial charge in [0, 0.05) is 50.6 Å². The van der Waals surface area contributed by atoms with E-state index in [1.54, 1.807) is 18.4 Å². The number of amides is 1. The van der Waals surface area contributed by atoms with E-state index in [0.717, 1.165) is 54.1 Å². The van der Waals surface area contributed by atoms with Crippen molar-refractivity contribution in [2.24, 2.45) is 0 Å². The molecule has 1 aliphatic rings. The van der Waals surface area contributed by atoms with Gasteiger partial charge in [-0.1, -0.05) is 0 Å². The molecular formula is C19H22N4O2S. The highest BCUT2D eigenvalue weighted by Crippen LogP contribution is 2.28. The van der Waals surface area contributed by atoms with Crippen molar-refractivity contribution < 1.29 is 9.53 Å². The molecule has 1 aliphatic heterocycles.